The molecule has 2 heterocycles. The Morgan fingerprint density at radius 3 is 2.63 bits per heavy atom. The van der Waals surface area contributed by atoms with E-state index in [-0.39, 0.29) is 0 Å². The van der Waals surface area contributed by atoms with E-state index in [4.69, 9.17) is 9.84 Å². The number of aromatic nitrogens is 3. The van der Waals surface area contributed by atoms with E-state index in [1.165, 1.54) is 4.57 Å². The van der Waals surface area contributed by atoms with Crippen molar-refractivity contribution < 1.29 is 32.2 Å². The number of hydrogen-bond donors (Lipinski definition) is 1. The van der Waals surface area contributed by atoms with E-state index in [2.05, 4.69) is 5.10 Å². The van der Waals surface area contributed by atoms with Crippen LogP contribution in [0.5, 0.6) is 5.75 Å². The lowest BCUT2D eigenvalue weighted by Crippen LogP contribution is -2.32. The lowest BCUT2D eigenvalue weighted by Gasteiger charge is -2.19. The van der Waals surface area contributed by atoms with Crippen LogP contribution in [0.1, 0.15) is 35.9 Å². The molecule has 0 spiro atoms. The van der Waals surface area contributed by atoms with Crippen LogP contribution in [0.25, 0.3) is 5.69 Å². The van der Waals surface area contributed by atoms with Crippen molar-refractivity contribution in [2.75, 3.05) is 0 Å². The number of carboxylic acids is 1. The molecule has 1 atom stereocenters. The van der Waals surface area contributed by atoms with Crippen LogP contribution in [-0.2, 0) is 13.0 Å². The van der Waals surface area contributed by atoms with Gasteiger partial charge in [0, 0.05) is 19.0 Å². The smallest absolute Gasteiger partial charge is 0.425 e. The summed E-state index contributed by atoms with van der Waals surface area (Å²) in [5.74, 6) is -3.06. The normalized spacial score (nSPS) is 15.3. The third-order valence-corrected chi connectivity index (χ3v) is 4.24. The highest BCUT2D eigenvalue weighted by molar-refractivity contribution is 5.91. The highest BCUT2D eigenvalue weighted by Gasteiger charge is 2.39. The van der Waals surface area contributed by atoms with Crippen molar-refractivity contribution in [2.24, 2.45) is 0 Å². The Bertz CT molecular complexity index is 948. The summed E-state index contributed by atoms with van der Waals surface area (Å²) in [5, 5.41) is 13.2. The van der Waals surface area contributed by atoms with Crippen molar-refractivity contribution >= 4 is 5.97 Å². The molecule has 0 unspecified atom stereocenters. The molecule has 1 aromatic carbocycles. The van der Waals surface area contributed by atoms with Crippen molar-refractivity contribution in [3.63, 3.8) is 0 Å². The van der Waals surface area contributed by atoms with Crippen LogP contribution < -0.4 is 10.4 Å². The van der Waals surface area contributed by atoms with Crippen molar-refractivity contribution in [3.8, 4) is 11.4 Å². The van der Waals surface area contributed by atoms with Crippen LogP contribution in [0.3, 0.4) is 0 Å². The molecule has 3 rings (SSSR count). The Morgan fingerprint density at radius 1 is 1.33 bits per heavy atom. The lowest BCUT2D eigenvalue weighted by atomic mass is 10.1. The monoisotopic (exact) mass is 389 g/mol. The fraction of sp³-hybridized carbons (Fsp3) is 0.438. The zero-order valence-electron chi connectivity index (χ0n) is 14.1. The highest BCUT2D eigenvalue weighted by Crippen LogP contribution is 2.30. The summed E-state index contributed by atoms with van der Waals surface area (Å²) >= 11 is 0. The molecule has 0 bridgehead atoms. The molecule has 0 fully saturated rings. The molecule has 27 heavy (non-hydrogen) atoms. The summed E-state index contributed by atoms with van der Waals surface area (Å²) < 4.78 is 59.5. The van der Waals surface area contributed by atoms with Gasteiger partial charge in [-0.3, -0.25) is 4.57 Å². The Balaban J connectivity index is 2.12. The molecule has 2 aromatic rings. The number of aromatic carboxylic acids is 1. The molecule has 1 aliphatic heterocycles. The van der Waals surface area contributed by atoms with E-state index < -0.39 is 46.8 Å². The fourth-order valence-electron chi connectivity index (χ4n) is 2.78. The summed E-state index contributed by atoms with van der Waals surface area (Å²) in [6.07, 6.45) is -5.04. The minimum atomic E-state index is -4.76. The number of carbonyl (C=O) groups is 1. The standard InChI is InChI=1S/C16H15F4N3O4/c1-8(16(18,19)20)27-12-7-11(10(17)6-9(12)14(24)25)23-15(26)22-5-3-2-4-13(22)21-23/h6-8H,2-5H2,1H3,(H,24,25)/t8-/m1/s1. The summed E-state index contributed by atoms with van der Waals surface area (Å²) in [6.45, 7) is 1.09. The van der Waals surface area contributed by atoms with Crippen LogP contribution in [-0.4, -0.2) is 37.7 Å². The van der Waals surface area contributed by atoms with E-state index in [0.717, 1.165) is 18.9 Å². The SMILES string of the molecule is C[C@@H](Oc1cc(-n2nc3n(c2=O)CCCC3)c(F)cc1C(=O)O)C(F)(F)F. The Labute approximate surface area is 149 Å². The third kappa shape index (κ3) is 3.53. The predicted molar refractivity (Wildman–Crippen MR) is 83.8 cm³/mol. The second kappa shape index (κ2) is 6.71. The molecule has 0 aliphatic carbocycles. The Kier molecular flexibility index (Phi) is 4.70. The topological polar surface area (TPSA) is 86.4 Å². The molecular formula is C16H15F4N3O4. The maximum atomic E-state index is 14.4. The van der Waals surface area contributed by atoms with E-state index in [1.807, 2.05) is 0 Å². The molecule has 1 aliphatic rings. The van der Waals surface area contributed by atoms with Gasteiger partial charge in [-0.15, -0.1) is 5.10 Å². The molecule has 0 amide bonds. The average molecular weight is 389 g/mol. The second-order valence-electron chi connectivity index (χ2n) is 6.13. The molecule has 0 saturated carbocycles. The minimum absolute atomic E-state index is 0.400. The molecule has 0 saturated heterocycles. The first-order valence-corrected chi connectivity index (χ1v) is 8.09. The van der Waals surface area contributed by atoms with Gasteiger partial charge in [0.15, 0.2) is 6.10 Å². The van der Waals surface area contributed by atoms with Gasteiger partial charge in [0.05, 0.1) is 0 Å². The van der Waals surface area contributed by atoms with Gasteiger partial charge in [0.25, 0.3) is 0 Å². The molecule has 0 radical (unpaired) electrons. The maximum Gasteiger partial charge on any atom is 0.425 e. The van der Waals surface area contributed by atoms with Crippen molar-refractivity contribution in [3.05, 3.63) is 39.8 Å². The summed E-state index contributed by atoms with van der Waals surface area (Å²) in [7, 11) is 0. The summed E-state index contributed by atoms with van der Waals surface area (Å²) in [6, 6.07) is 1.27. The van der Waals surface area contributed by atoms with Gasteiger partial charge in [-0.1, -0.05) is 0 Å². The minimum Gasteiger partial charge on any atom is -0.480 e. The summed E-state index contributed by atoms with van der Waals surface area (Å²) in [4.78, 5) is 23.7. The number of carboxylic acid groups (broad SMARTS) is 1. The molecule has 1 N–H and O–H groups in total. The molecule has 11 heteroatoms. The number of benzene rings is 1. The van der Waals surface area contributed by atoms with Crippen LogP contribution >= 0.6 is 0 Å². The van der Waals surface area contributed by atoms with Crippen molar-refractivity contribution in [1.82, 2.24) is 14.3 Å². The second-order valence-corrected chi connectivity index (χ2v) is 6.13. The van der Waals surface area contributed by atoms with Crippen LogP contribution in [0.2, 0.25) is 0 Å². The molecule has 146 valence electrons. The van der Waals surface area contributed by atoms with E-state index in [0.29, 0.717) is 36.5 Å². The first-order valence-electron chi connectivity index (χ1n) is 8.09. The van der Waals surface area contributed by atoms with Crippen LogP contribution in [0.15, 0.2) is 16.9 Å². The molecular weight excluding hydrogens is 374 g/mol. The quantitative estimate of drug-likeness (QED) is 0.813. The number of alkyl halides is 3. The average Bonchev–Trinajstić information content (AvgIpc) is 2.92. The van der Waals surface area contributed by atoms with Gasteiger partial charge in [0.2, 0.25) is 0 Å². The highest BCUT2D eigenvalue weighted by atomic mass is 19.4. The molecule has 1 aromatic heterocycles. The summed E-state index contributed by atoms with van der Waals surface area (Å²) in [5.41, 5.74) is -1.91. The first kappa shape index (κ1) is 18.9. The third-order valence-electron chi connectivity index (χ3n) is 4.24. The van der Waals surface area contributed by atoms with E-state index in [1.54, 1.807) is 0 Å². The van der Waals surface area contributed by atoms with Crippen LogP contribution in [0, 0.1) is 5.82 Å². The number of ether oxygens (including phenoxy) is 1. The van der Waals surface area contributed by atoms with Gasteiger partial charge >= 0.3 is 17.8 Å². The van der Waals surface area contributed by atoms with Crippen molar-refractivity contribution in [2.45, 2.75) is 45.0 Å². The van der Waals surface area contributed by atoms with Gasteiger partial charge in [-0.2, -0.15) is 17.9 Å². The lowest BCUT2D eigenvalue weighted by molar-refractivity contribution is -0.189. The first-order chi connectivity index (χ1) is 12.6. The van der Waals surface area contributed by atoms with Gasteiger partial charge in [-0.25, -0.2) is 14.0 Å². The predicted octanol–water partition coefficient (Wildman–Crippen LogP) is 2.54. The van der Waals surface area contributed by atoms with E-state index in [9.17, 15) is 27.2 Å². The Hall–Kier alpha value is -2.85. The number of fused-ring (bicyclic) bond motifs is 1. The maximum absolute atomic E-state index is 14.4. The number of halogens is 4. The van der Waals surface area contributed by atoms with Crippen LogP contribution in [0.4, 0.5) is 17.6 Å². The molecule has 7 nitrogen and oxygen atoms in total. The zero-order valence-corrected chi connectivity index (χ0v) is 14.1. The zero-order chi connectivity index (χ0) is 19.9. The van der Waals surface area contributed by atoms with Crippen molar-refractivity contribution in [1.29, 1.82) is 0 Å². The van der Waals surface area contributed by atoms with Gasteiger partial charge < -0.3 is 9.84 Å². The van der Waals surface area contributed by atoms with Gasteiger partial charge in [0.1, 0.15) is 28.6 Å². The number of rotatable bonds is 4. The number of nitrogens with zero attached hydrogens (tertiary/aromatic N) is 3. The number of aryl methyl sites for hydroxylation is 1. The Morgan fingerprint density at radius 2 is 2.04 bits per heavy atom. The number of hydrogen-bond acceptors (Lipinski definition) is 4. The van der Waals surface area contributed by atoms with Gasteiger partial charge in [-0.05, 0) is 25.8 Å². The van der Waals surface area contributed by atoms with E-state index >= 15 is 0 Å². The largest absolute Gasteiger partial charge is 0.480 e. The fourth-order valence-corrected chi connectivity index (χ4v) is 2.78.